The molecule has 0 bridgehead atoms. The van der Waals surface area contributed by atoms with Crippen LogP contribution in [0.1, 0.15) is 31.7 Å². The second kappa shape index (κ2) is 16.2. The van der Waals surface area contributed by atoms with Crippen LogP contribution in [0.25, 0.3) is 0 Å². The predicted octanol–water partition coefficient (Wildman–Crippen LogP) is 2.93. The highest BCUT2D eigenvalue weighted by Crippen LogP contribution is 2.34. The lowest BCUT2D eigenvalue weighted by Crippen LogP contribution is -2.49. The molecule has 0 atom stereocenters. The first-order valence-electron chi connectivity index (χ1n) is 11.2. The fraction of sp³-hybridized carbons (Fsp3) is 0.696. The molecule has 0 spiro atoms. The van der Waals surface area contributed by atoms with Crippen LogP contribution in [0.2, 0.25) is 0 Å². The minimum Gasteiger partial charge on any atom is -0.496 e. The van der Waals surface area contributed by atoms with E-state index in [4.69, 9.17) is 23.9 Å². The highest BCUT2D eigenvalue weighted by atomic mass is 127. The molecule has 2 N–H and O–H groups in total. The van der Waals surface area contributed by atoms with Gasteiger partial charge in [-0.05, 0) is 32.6 Å². The number of aliphatic imine (C=N–C) groups is 1. The number of rotatable bonds is 12. The summed E-state index contributed by atoms with van der Waals surface area (Å²) in [5, 5.41) is 6.98. The molecule has 1 aromatic rings. The minimum absolute atomic E-state index is 0. The van der Waals surface area contributed by atoms with Crippen molar-refractivity contribution in [3.05, 3.63) is 17.7 Å². The Hall–Kier alpha value is -1.46. The largest absolute Gasteiger partial charge is 0.496 e. The lowest BCUT2D eigenvalue weighted by molar-refractivity contribution is 0.155. The van der Waals surface area contributed by atoms with Crippen molar-refractivity contribution >= 4 is 29.9 Å². The summed E-state index contributed by atoms with van der Waals surface area (Å²) < 4.78 is 21.6. The van der Waals surface area contributed by atoms with Crippen molar-refractivity contribution in [2.24, 2.45) is 4.99 Å². The molecule has 0 radical (unpaired) electrons. The quantitative estimate of drug-likeness (QED) is 0.175. The summed E-state index contributed by atoms with van der Waals surface area (Å²) in [6, 6.07) is 4.21. The minimum atomic E-state index is 0. The zero-order valence-corrected chi connectivity index (χ0v) is 22.6. The lowest BCUT2D eigenvalue weighted by atomic mass is 10.1. The number of benzene rings is 1. The van der Waals surface area contributed by atoms with Crippen molar-refractivity contribution in [2.75, 3.05) is 67.8 Å². The molecule has 0 saturated carbocycles. The number of halogens is 1. The van der Waals surface area contributed by atoms with Gasteiger partial charge in [0.25, 0.3) is 0 Å². The molecule has 0 aliphatic carbocycles. The molecule has 1 aromatic carbocycles. The first-order chi connectivity index (χ1) is 15.1. The van der Waals surface area contributed by atoms with Crippen LogP contribution in [0, 0.1) is 0 Å². The summed E-state index contributed by atoms with van der Waals surface area (Å²) in [6.45, 7) is 7.72. The van der Waals surface area contributed by atoms with Crippen LogP contribution in [0.4, 0.5) is 0 Å². The Balaban J connectivity index is 0.00000512. The Morgan fingerprint density at radius 2 is 1.72 bits per heavy atom. The van der Waals surface area contributed by atoms with Gasteiger partial charge in [-0.2, -0.15) is 0 Å². The van der Waals surface area contributed by atoms with Gasteiger partial charge in [0.2, 0.25) is 0 Å². The van der Waals surface area contributed by atoms with Gasteiger partial charge in [0, 0.05) is 70.2 Å². The molecule has 32 heavy (non-hydrogen) atoms. The fourth-order valence-corrected chi connectivity index (χ4v) is 3.85. The first kappa shape index (κ1) is 28.6. The van der Waals surface area contributed by atoms with Gasteiger partial charge in [-0.15, -0.1) is 24.0 Å². The fourth-order valence-electron chi connectivity index (χ4n) is 3.85. The number of piperidine rings is 1. The van der Waals surface area contributed by atoms with Gasteiger partial charge < -0.3 is 34.5 Å². The highest BCUT2D eigenvalue weighted by Gasteiger charge is 2.20. The molecule has 8 nitrogen and oxygen atoms in total. The Morgan fingerprint density at radius 3 is 2.25 bits per heavy atom. The van der Waals surface area contributed by atoms with Crippen molar-refractivity contribution in [2.45, 2.75) is 38.6 Å². The van der Waals surface area contributed by atoms with Gasteiger partial charge in [0.15, 0.2) is 5.96 Å². The number of methoxy groups -OCH3 is 4. The number of hydrogen-bond acceptors (Lipinski definition) is 6. The zero-order valence-electron chi connectivity index (χ0n) is 20.2. The molecule has 184 valence electrons. The molecule has 1 fully saturated rings. The van der Waals surface area contributed by atoms with Crippen molar-refractivity contribution in [3.8, 4) is 17.2 Å². The van der Waals surface area contributed by atoms with Gasteiger partial charge in [-0.3, -0.25) is 4.99 Å². The van der Waals surface area contributed by atoms with E-state index in [-0.39, 0.29) is 24.0 Å². The molecule has 1 aliphatic rings. The van der Waals surface area contributed by atoms with E-state index in [1.165, 1.54) is 0 Å². The van der Waals surface area contributed by atoms with E-state index in [0.29, 0.717) is 24.8 Å². The van der Waals surface area contributed by atoms with Gasteiger partial charge in [-0.25, -0.2) is 0 Å². The summed E-state index contributed by atoms with van der Waals surface area (Å²) in [5.41, 5.74) is 0.995. The predicted molar refractivity (Wildman–Crippen MR) is 140 cm³/mol. The number of ether oxygens (including phenoxy) is 4. The average Bonchev–Trinajstić information content (AvgIpc) is 2.80. The lowest BCUT2D eigenvalue weighted by Gasteiger charge is -2.33. The summed E-state index contributed by atoms with van der Waals surface area (Å²) >= 11 is 0. The van der Waals surface area contributed by atoms with Crippen LogP contribution in [-0.2, 0) is 11.2 Å². The molecule has 1 aliphatic heterocycles. The smallest absolute Gasteiger partial charge is 0.191 e. The highest BCUT2D eigenvalue weighted by molar-refractivity contribution is 14.0. The second-order valence-electron chi connectivity index (χ2n) is 7.63. The number of hydrogen-bond donors (Lipinski definition) is 2. The molecule has 1 heterocycles. The van der Waals surface area contributed by atoms with E-state index in [1.54, 1.807) is 28.4 Å². The summed E-state index contributed by atoms with van der Waals surface area (Å²) in [7, 11) is 6.72. The second-order valence-corrected chi connectivity index (χ2v) is 7.63. The molecule has 9 heteroatoms. The summed E-state index contributed by atoms with van der Waals surface area (Å²) in [4.78, 5) is 7.32. The topological polar surface area (TPSA) is 76.6 Å². The maximum Gasteiger partial charge on any atom is 0.191 e. The molecule has 1 saturated heterocycles. The molecule has 0 amide bonds. The van der Waals surface area contributed by atoms with E-state index in [2.05, 4.69) is 22.5 Å². The van der Waals surface area contributed by atoms with E-state index < -0.39 is 0 Å². The monoisotopic (exact) mass is 564 g/mol. The first-order valence-corrected chi connectivity index (χ1v) is 11.2. The average molecular weight is 565 g/mol. The SMILES string of the molecule is CCNC(=NCCc1c(OC)cc(OC)cc1OC)NC1CCN(CCCOC)CC1.I. The summed E-state index contributed by atoms with van der Waals surface area (Å²) in [5.74, 6) is 3.09. The van der Waals surface area contributed by atoms with Gasteiger partial charge in [0.1, 0.15) is 17.2 Å². The van der Waals surface area contributed by atoms with Crippen molar-refractivity contribution < 1.29 is 18.9 Å². The van der Waals surface area contributed by atoms with Crippen LogP contribution < -0.4 is 24.8 Å². The number of nitrogens with one attached hydrogen (secondary N) is 2. The Kier molecular flexibility index (Phi) is 14.5. The Bertz CT molecular complexity index is 657. The standard InChI is InChI=1S/C23H40N4O4.HI/c1-6-24-23(26-18-9-13-27(14-10-18)12-7-15-28-2)25-11-8-20-21(30-4)16-19(29-3)17-22(20)31-5;/h16-18H,6-15H2,1-5H3,(H2,24,25,26);1H. The number of nitrogens with zero attached hydrogens (tertiary/aromatic N) is 2. The summed E-state index contributed by atoms with van der Waals surface area (Å²) in [6.07, 6.45) is 4.05. The molecule has 0 unspecified atom stereocenters. The van der Waals surface area contributed by atoms with Crippen LogP contribution in [0.3, 0.4) is 0 Å². The number of likely N-dealkylation sites (tertiary alicyclic amines) is 1. The molecule has 0 aromatic heterocycles. The third kappa shape index (κ3) is 9.19. The van der Waals surface area contributed by atoms with E-state index in [0.717, 1.165) is 75.1 Å². The number of guanidine groups is 1. The Morgan fingerprint density at radius 1 is 1.06 bits per heavy atom. The molecular formula is C23H41IN4O4. The van der Waals surface area contributed by atoms with Crippen LogP contribution in [0.5, 0.6) is 17.2 Å². The maximum absolute atomic E-state index is 5.55. The third-order valence-electron chi connectivity index (χ3n) is 5.54. The Labute approximate surface area is 210 Å². The van der Waals surface area contributed by atoms with E-state index in [9.17, 15) is 0 Å². The van der Waals surface area contributed by atoms with Crippen molar-refractivity contribution in [3.63, 3.8) is 0 Å². The van der Waals surface area contributed by atoms with Gasteiger partial charge in [0.05, 0.1) is 21.3 Å². The van der Waals surface area contributed by atoms with Crippen molar-refractivity contribution in [1.29, 1.82) is 0 Å². The zero-order chi connectivity index (χ0) is 22.5. The van der Waals surface area contributed by atoms with Crippen LogP contribution >= 0.6 is 24.0 Å². The van der Waals surface area contributed by atoms with Gasteiger partial charge >= 0.3 is 0 Å². The van der Waals surface area contributed by atoms with E-state index in [1.807, 2.05) is 12.1 Å². The molecule has 2 rings (SSSR count). The van der Waals surface area contributed by atoms with Crippen LogP contribution in [-0.4, -0.2) is 84.7 Å². The normalized spacial score (nSPS) is 15.1. The third-order valence-corrected chi connectivity index (χ3v) is 5.54. The van der Waals surface area contributed by atoms with Gasteiger partial charge in [-0.1, -0.05) is 0 Å². The van der Waals surface area contributed by atoms with E-state index >= 15 is 0 Å². The molecular weight excluding hydrogens is 523 g/mol. The van der Waals surface area contributed by atoms with Crippen LogP contribution in [0.15, 0.2) is 17.1 Å². The maximum atomic E-state index is 5.55. The van der Waals surface area contributed by atoms with Crippen molar-refractivity contribution in [1.82, 2.24) is 15.5 Å².